The lowest BCUT2D eigenvalue weighted by molar-refractivity contribution is -0.139. The molecule has 0 saturated heterocycles. The summed E-state index contributed by atoms with van der Waals surface area (Å²) >= 11 is 0. The summed E-state index contributed by atoms with van der Waals surface area (Å²) in [6.45, 7) is 4.08. The Bertz CT molecular complexity index is 558. The Hall–Kier alpha value is -2.20. The van der Waals surface area contributed by atoms with Crippen LogP contribution in [0.2, 0.25) is 0 Å². The molecule has 110 valence electrons. The zero-order valence-corrected chi connectivity index (χ0v) is 12.1. The second kappa shape index (κ2) is 7.55. The molecule has 0 fully saturated rings. The second-order valence-electron chi connectivity index (χ2n) is 4.98. The number of carboxylic acid groups (broad SMARTS) is 1. The van der Waals surface area contributed by atoms with Crippen molar-refractivity contribution in [2.45, 2.75) is 19.4 Å². The number of likely N-dealkylation sites (N-methyl/N-ethyl adjacent to an activating group) is 1. The topological polar surface area (TPSA) is 53.4 Å². The van der Waals surface area contributed by atoms with Gasteiger partial charge in [0, 0.05) is 25.5 Å². The Kier molecular flexibility index (Phi) is 5.46. The van der Waals surface area contributed by atoms with E-state index in [0.717, 1.165) is 24.2 Å². The molecule has 1 heterocycles. The minimum Gasteiger partial charge on any atom is -0.481 e. The Balaban J connectivity index is 2.09. The summed E-state index contributed by atoms with van der Waals surface area (Å²) in [5, 5.41) is 9.50. The molecule has 1 N–H and O–H groups in total. The van der Waals surface area contributed by atoms with Gasteiger partial charge in [-0.2, -0.15) is 0 Å². The van der Waals surface area contributed by atoms with Gasteiger partial charge in [0.05, 0.1) is 5.92 Å². The zero-order valence-electron chi connectivity index (χ0n) is 12.1. The minimum absolute atomic E-state index is 0.498. The maximum atomic E-state index is 11.6. The van der Waals surface area contributed by atoms with E-state index in [9.17, 15) is 9.90 Å². The van der Waals surface area contributed by atoms with Gasteiger partial charge in [-0.25, -0.2) is 0 Å². The Labute approximate surface area is 125 Å². The van der Waals surface area contributed by atoms with Crippen LogP contribution in [0.4, 0.5) is 0 Å². The fourth-order valence-corrected chi connectivity index (χ4v) is 2.32. The average molecular weight is 284 g/mol. The molecule has 4 heteroatoms. The molecule has 0 amide bonds. The van der Waals surface area contributed by atoms with E-state index in [2.05, 4.69) is 9.88 Å². The van der Waals surface area contributed by atoms with Crippen LogP contribution in [-0.2, 0) is 11.3 Å². The third-order valence-corrected chi connectivity index (χ3v) is 3.54. The number of hydrogen-bond acceptors (Lipinski definition) is 3. The van der Waals surface area contributed by atoms with Crippen LogP contribution in [0.15, 0.2) is 54.9 Å². The predicted molar refractivity (Wildman–Crippen MR) is 82.0 cm³/mol. The standard InChI is InChI=1S/C17H20N2O2/c1-2-19(12-14-8-10-18-11-9-14)13-16(17(20)21)15-6-4-3-5-7-15/h3-11,16H,2,12-13H2,1H3,(H,20,21). The molecule has 0 aliphatic heterocycles. The molecule has 2 aromatic rings. The van der Waals surface area contributed by atoms with E-state index < -0.39 is 11.9 Å². The van der Waals surface area contributed by atoms with E-state index in [0.29, 0.717) is 6.54 Å². The van der Waals surface area contributed by atoms with Gasteiger partial charge in [0.15, 0.2) is 0 Å². The van der Waals surface area contributed by atoms with Crippen molar-refractivity contribution in [1.29, 1.82) is 0 Å². The first kappa shape index (κ1) is 15.2. The smallest absolute Gasteiger partial charge is 0.312 e. The van der Waals surface area contributed by atoms with Crippen LogP contribution in [0.1, 0.15) is 24.0 Å². The van der Waals surface area contributed by atoms with Gasteiger partial charge in [-0.15, -0.1) is 0 Å². The zero-order chi connectivity index (χ0) is 15.1. The first-order valence-corrected chi connectivity index (χ1v) is 7.09. The number of benzene rings is 1. The Morgan fingerprint density at radius 3 is 2.43 bits per heavy atom. The van der Waals surface area contributed by atoms with E-state index in [1.165, 1.54) is 0 Å². The second-order valence-corrected chi connectivity index (χ2v) is 4.98. The molecule has 1 aromatic carbocycles. The molecular weight excluding hydrogens is 264 g/mol. The summed E-state index contributed by atoms with van der Waals surface area (Å²) in [6.07, 6.45) is 3.52. The number of aliphatic carboxylic acids is 1. The van der Waals surface area contributed by atoms with Gasteiger partial charge >= 0.3 is 5.97 Å². The van der Waals surface area contributed by atoms with E-state index in [1.807, 2.05) is 49.4 Å². The van der Waals surface area contributed by atoms with Crippen molar-refractivity contribution in [3.05, 3.63) is 66.0 Å². The van der Waals surface area contributed by atoms with Gasteiger partial charge in [-0.3, -0.25) is 14.7 Å². The molecule has 0 spiro atoms. The lowest BCUT2D eigenvalue weighted by Crippen LogP contribution is -2.31. The Morgan fingerprint density at radius 2 is 1.86 bits per heavy atom. The summed E-state index contributed by atoms with van der Waals surface area (Å²) in [7, 11) is 0. The van der Waals surface area contributed by atoms with Crippen LogP contribution in [0.5, 0.6) is 0 Å². The van der Waals surface area contributed by atoms with Gasteiger partial charge in [0.2, 0.25) is 0 Å². The highest BCUT2D eigenvalue weighted by Gasteiger charge is 2.22. The largest absolute Gasteiger partial charge is 0.481 e. The number of aromatic nitrogens is 1. The van der Waals surface area contributed by atoms with Crippen LogP contribution in [0, 0.1) is 0 Å². The van der Waals surface area contributed by atoms with E-state index in [-0.39, 0.29) is 0 Å². The van der Waals surface area contributed by atoms with Crippen molar-refractivity contribution < 1.29 is 9.90 Å². The SMILES string of the molecule is CCN(Cc1ccncc1)CC(C(=O)O)c1ccccc1. The van der Waals surface area contributed by atoms with Crippen molar-refractivity contribution in [3.8, 4) is 0 Å². The summed E-state index contributed by atoms with van der Waals surface area (Å²) in [5.74, 6) is -1.29. The predicted octanol–water partition coefficient (Wildman–Crippen LogP) is 2.77. The summed E-state index contributed by atoms with van der Waals surface area (Å²) in [6, 6.07) is 13.3. The van der Waals surface area contributed by atoms with Gasteiger partial charge in [-0.1, -0.05) is 37.3 Å². The van der Waals surface area contributed by atoms with Crippen molar-refractivity contribution >= 4 is 5.97 Å². The van der Waals surface area contributed by atoms with E-state index >= 15 is 0 Å². The van der Waals surface area contributed by atoms with Crippen LogP contribution in [-0.4, -0.2) is 34.0 Å². The number of carboxylic acids is 1. The molecule has 2 rings (SSSR count). The molecule has 0 aliphatic rings. The minimum atomic E-state index is -0.783. The fourth-order valence-electron chi connectivity index (χ4n) is 2.32. The third-order valence-electron chi connectivity index (χ3n) is 3.54. The first-order chi connectivity index (χ1) is 10.2. The van der Waals surface area contributed by atoms with Crippen molar-refractivity contribution in [2.24, 2.45) is 0 Å². The molecular formula is C17H20N2O2. The van der Waals surface area contributed by atoms with Gasteiger partial charge < -0.3 is 5.11 Å². The number of pyridine rings is 1. The van der Waals surface area contributed by atoms with Crippen LogP contribution in [0.25, 0.3) is 0 Å². The summed E-state index contributed by atoms with van der Waals surface area (Å²) < 4.78 is 0. The molecule has 1 unspecified atom stereocenters. The van der Waals surface area contributed by atoms with E-state index in [1.54, 1.807) is 12.4 Å². The van der Waals surface area contributed by atoms with Gasteiger partial charge in [0.1, 0.15) is 0 Å². The van der Waals surface area contributed by atoms with Gasteiger partial charge in [-0.05, 0) is 29.8 Å². The maximum Gasteiger partial charge on any atom is 0.312 e. The highest BCUT2D eigenvalue weighted by atomic mass is 16.4. The summed E-state index contributed by atoms with van der Waals surface area (Å²) in [5.41, 5.74) is 1.99. The van der Waals surface area contributed by atoms with Crippen LogP contribution >= 0.6 is 0 Å². The quantitative estimate of drug-likeness (QED) is 0.849. The molecule has 0 saturated carbocycles. The molecule has 1 aromatic heterocycles. The van der Waals surface area contributed by atoms with Gasteiger partial charge in [0.25, 0.3) is 0 Å². The highest BCUT2D eigenvalue weighted by Crippen LogP contribution is 2.18. The first-order valence-electron chi connectivity index (χ1n) is 7.09. The summed E-state index contributed by atoms with van der Waals surface area (Å²) in [4.78, 5) is 17.7. The molecule has 1 atom stereocenters. The highest BCUT2D eigenvalue weighted by molar-refractivity contribution is 5.76. The third kappa shape index (κ3) is 4.39. The fraction of sp³-hybridized carbons (Fsp3) is 0.294. The molecule has 0 bridgehead atoms. The van der Waals surface area contributed by atoms with E-state index in [4.69, 9.17) is 0 Å². The number of hydrogen-bond donors (Lipinski definition) is 1. The van der Waals surface area contributed by atoms with Crippen molar-refractivity contribution in [2.75, 3.05) is 13.1 Å². The lowest BCUT2D eigenvalue weighted by atomic mass is 9.98. The monoisotopic (exact) mass is 284 g/mol. The Morgan fingerprint density at radius 1 is 1.19 bits per heavy atom. The maximum absolute atomic E-state index is 11.6. The number of nitrogens with zero attached hydrogens (tertiary/aromatic N) is 2. The normalized spacial score (nSPS) is 12.3. The van der Waals surface area contributed by atoms with Crippen molar-refractivity contribution in [3.63, 3.8) is 0 Å². The molecule has 4 nitrogen and oxygen atoms in total. The molecule has 21 heavy (non-hydrogen) atoms. The van der Waals surface area contributed by atoms with Crippen LogP contribution in [0.3, 0.4) is 0 Å². The average Bonchev–Trinajstić information content (AvgIpc) is 2.52. The molecule has 0 radical (unpaired) electrons. The molecule has 0 aliphatic carbocycles. The van der Waals surface area contributed by atoms with Crippen LogP contribution < -0.4 is 0 Å². The number of carbonyl (C=O) groups is 1. The van der Waals surface area contributed by atoms with Crippen molar-refractivity contribution in [1.82, 2.24) is 9.88 Å². The number of rotatable bonds is 7. The lowest BCUT2D eigenvalue weighted by Gasteiger charge is -2.24.